The smallest absolute Gasteiger partial charge is 0.161 e. The molecule has 2 aromatic rings. The lowest BCUT2D eigenvalue weighted by Gasteiger charge is -2.16. The summed E-state index contributed by atoms with van der Waals surface area (Å²) in [5.74, 6) is 0.956. The second-order valence-electron chi connectivity index (χ2n) is 4.49. The first kappa shape index (κ1) is 16.1. The monoisotopic (exact) mass is 372 g/mol. The van der Waals surface area contributed by atoms with Crippen molar-refractivity contribution >= 4 is 27.5 Å². The highest BCUT2D eigenvalue weighted by Gasteiger charge is 2.18. The van der Waals surface area contributed by atoms with E-state index in [1.165, 1.54) is 6.07 Å². The third-order valence-electron chi connectivity index (χ3n) is 3.20. The van der Waals surface area contributed by atoms with Crippen molar-refractivity contribution in [3.63, 3.8) is 0 Å². The van der Waals surface area contributed by atoms with E-state index in [0.29, 0.717) is 23.5 Å². The molecule has 2 aromatic carbocycles. The molecule has 0 saturated carbocycles. The van der Waals surface area contributed by atoms with Crippen molar-refractivity contribution in [3.05, 3.63) is 57.8 Å². The number of hydrogen-bond acceptors (Lipinski definition) is 2. The number of hydrogen-bond donors (Lipinski definition) is 0. The van der Waals surface area contributed by atoms with Crippen molar-refractivity contribution in [1.82, 2.24) is 0 Å². The minimum Gasteiger partial charge on any atom is -0.493 e. The van der Waals surface area contributed by atoms with Crippen LogP contribution >= 0.6 is 27.5 Å². The van der Waals surface area contributed by atoms with Crippen LogP contribution in [0.3, 0.4) is 0 Å². The van der Waals surface area contributed by atoms with Gasteiger partial charge in [-0.1, -0.05) is 34.1 Å². The largest absolute Gasteiger partial charge is 0.493 e. The van der Waals surface area contributed by atoms with Crippen molar-refractivity contribution in [2.24, 2.45) is 0 Å². The van der Waals surface area contributed by atoms with Gasteiger partial charge in [0.05, 0.1) is 19.6 Å². The Labute approximate surface area is 137 Å². The first-order valence-corrected chi connectivity index (χ1v) is 7.58. The molecule has 0 bridgehead atoms. The molecular weight excluding hydrogens is 359 g/mol. The Morgan fingerprint density at radius 2 is 1.76 bits per heavy atom. The van der Waals surface area contributed by atoms with E-state index in [9.17, 15) is 4.39 Å². The minimum atomic E-state index is -0.379. The SMILES string of the molecule is COc1cc(Br)c(C(Cl)Cc2ccccc2F)cc1OC. The van der Waals surface area contributed by atoms with Gasteiger partial charge in [-0.2, -0.15) is 0 Å². The predicted octanol–water partition coefficient (Wildman–Crippen LogP) is 5.13. The molecule has 0 fully saturated rings. The second-order valence-corrected chi connectivity index (χ2v) is 5.87. The zero-order chi connectivity index (χ0) is 15.4. The van der Waals surface area contributed by atoms with E-state index in [0.717, 1.165) is 10.0 Å². The van der Waals surface area contributed by atoms with Gasteiger partial charge in [0.25, 0.3) is 0 Å². The molecule has 0 heterocycles. The second kappa shape index (κ2) is 7.14. The summed E-state index contributed by atoms with van der Waals surface area (Å²) in [6, 6.07) is 10.2. The predicted molar refractivity (Wildman–Crippen MR) is 85.9 cm³/mol. The summed E-state index contributed by atoms with van der Waals surface area (Å²) in [5, 5.41) is -0.379. The maximum absolute atomic E-state index is 13.7. The summed E-state index contributed by atoms with van der Waals surface area (Å²) in [7, 11) is 3.14. The lowest BCUT2D eigenvalue weighted by atomic mass is 10.0. The highest BCUT2D eigenvalue weighted by Crippen LogP contribution is 2.39. The topological polar surface area (TPSA) is 18.5 Å². The Morgan fingerprint density at radius 3 is 2.38 bits per heavy atom. The molecule has 0 aromatic heterocycles. The molecule has 1 unspecified atom stereocenters. The van der Waals surface area contributed by atoms with Gasteiger partial charge >= 0.3 is 0 Å². The summed E-state index contributed by atoms with van der Waals surface area (Å²) in [6.07, 6.45) is 0.391. The quantitative estimate of drug-likeness (QED) is 0.677. The fraction of sp³-hybridized carbons (Fsp3) is 0.250. The van der Waals surface area contributed by atoms with Gasteiger partial charge in [0, 0.05) is 4.47 Å². The molecule has 112 valence electrons. The van der Waals surface area contributed by atoms with Gasteiger partial charge in [0.1, 0.15) is 5.82 Å². The van der Waals surface area contributed by atoms with E-state index < -0.39 is 0 Å². The summed E-state index contributed by atoms with van der Waals surface area (Å²) in [6.45, 7) is 0. The Kier molecular flexibility index (Phi) is 5.48. The molecule has 0 N–H and O–H groups in total. The van der Waals surface area contributed by atoms with E-state index in [2.05, 4.69) is 15.9 Å². The van der Waals surface area contributed by atoms with Crippen LogP contribution in [-0.2, 0) is 6.42 Å². The average molecular weight is 374 g/mol. The molecule has 0 aliphatic heterocycles. The summed E-state index contributed by atoms with van der Waals surface area (Å²) in [4.78, 5) is 0. The molecule has 5 heteroatoms. The van der Waals surface area contributed by atoms with Crippen LogP contribution in [0.4, 0.5) is 4.39 Å². The van der Waals surface area contributed by atoms with Gasteiger partial charge in [-0.05, 0) is 35.7 Å². The maximum atomic E-state index is 13.7. The molecule has 0 radical (unpaired) electrons. The number of halogens is 3. The van der Waals surface area contributed by atoms with Crippen molar-refractivity contribution < 1.29 is 13.9 Å². The van der Waals surface area contributed by atoms with Gasteiger partial charge in [0.15, 0.2) is 11.5 Å². The molecule has 0 amide bonds. The lowest BCUT2D eigenvalue weighted by Crippen LogP contribution is -2.01. The van der Waals surface area contributed by atoms with Crippen LogP contribution in [0.15, 0.2) is 40.9 Å². The molecule has 0 aliphatic rings. The van der Waals surface area contributed by atoms with E-state index >= 15 is 0 Å². The average Bonchev–Trinajstić information content (AvgIpc) is 2.49. The Morgan fingerprint density at radius 1 is 1.14 bits per heavy atom. The van der Waals surface area contributed by atoms with E-state index in [1.54, 1.807) is 44.6 Å². The lowest BCUT2D eigenvalue weighted by molar-refractivity contribution is 0.354. The number of alkyl halides is 1. The summed E-state index contributed by atoms with van der Waals surface area (Å²) < 4.78 is 25.0. The minimum absolute atomic E-state index is 0.250. The van der Waals surface area contributed by atoms with Gasteiger partial charge in [0.2, 0.25) is 0 Å². The number of rotatable bonds is 5. The molecule has 2 nitrogen and oxygen atoms in total. The number of methoxy groups -OCH3 is 2. The van der Waals surface area contributed by atoms with Crippen LogP contribution in [0.2, 0.25) is 0 Å². The Hall–Kier alpha value is -1.26. The van der Waals surface area contributed by atoms with Crippen molar-refractivity contribution in [3.8, 4) is 11.5 Å². The zero-order valence-corrected chi connectivity index (χ0v) is 14.0. The number of ether oxygens (including phenoxy) is 2. The van der Waals surface area contributed by atoms with Gasteiger partial charge in [-0.3, -0.25) is 0 Å². The maximum Gasteiger partial charge on any atom is 0.161 e. The fourth-order valence-corrected chi connectivity index (χ4v) is 3.15. The Balaban J connectivity index is 2.31. The van der Waals surface area contributed by atoms with E-state index in [-0.39, 0.29) is 11.2 Å². The third kappa shape index (κ3) is 3.69. The van der Waals surface area contributed by atoms with Crippen LogP contribution in [0, 0.1) is 5.82 Å². The van der Waals surface area contributed by atoms with Crippen molar-refractivity contribution in [1.29, 1.82) is 0 Å². The van der Waals surface area contributed by atoms with Crippen LogP contribution in [0.25, 0.3) is 0 Å². The van der Waals surface area contributed by atoms with Crippen LogP contribution in [0.1, 0.15) is 16.5 Å². The van der Waals surface area contributed by atoms with Gasteiger partial charge < -0.3 is 9.47 Å². The summed E-state index contributed by atoms with van der Waals surface area (Å²) in [5.41, 5.74) is 1.41. The van der Waals surface area contributed by atoms with Gasteiger partial charge in [-0.15, -0.1) is 11.6 Å². The van der Waals surface area contributed by atoms with Crippen LogP contribution in [-0.4, -0.2) is 14.2 Å². The normalized spacial score (nSPS) is 12.0. The molecule has 0 spiro atoms. The standard InChI is InChI=1S/C16H15BrClFO2/c1-20-15-8-11(12(17)9-16(15)21-2)13(18)7-10-5-3-4-6-14(10)19/h3-6,8-9,13H,7H2,1-2H3. The fourth-order valence-electron chi connectivity index (χ4n) is 2.08. The molecule has 0 aliphatic carbocycles. The van der Waals surface area contributed by atoms with Crippen molar-refractivity contribution in [2.45, 2.75) is 11.8 Å². The summed E-state index contributed by atoms with van der Waals surface area (Å²) >= 11 is 9.92. The van der Waals surface area contributed by atoms with E-state index in [4.69, 9.17) is 21.1 Å². The zero-order valence-electron chi connectivity index (χ0n) is 11.7. The molecule has 21 heavy (non-hydrogen) atoms. The first-order chi connectivity index (χ1) is 10.1. The van der Waals surface area contributed by atoms with E-state index in [1.807, 2.05) is 0 Å². The third-order valence-corrected chi connectivity index (χ3v) is 4.27. The first-order valence-electron chi connectivity index (χ1n) is 6.35. The van der Waals surface area contributed by atoms with Gasteiger partial charge in [-0.25, -0.2) is 4.39 Å². The van der Waals surface area contributed by atoms with Crippen molar-refractivity contribution in [2.75, 3.05) is 14.2 Å². The highest BCUT2D eigenvalue weighted by atomic mass is 79.9. The molecular formula is C16H15BrClFO2. The van der Waals surface area contributed by atoms with Crippen LogP contribution in [0.5, 0.6) is 11.5 Å². The highest BCUT2D eigenvalue weighted by molar-refractivity contribution is 9.10. The Bertz CT molecular complexity index is 634. The number of benzene rings is 2. The molecule has 0 saturated heterocycles. The molecule has 2 rings (SSSR count). The van der Waals surface area contributed by atoms with Crippen LogP contribution < -0.4 is 9.47 Å². The molecule has 1 atom stereocenters.